The van der Waals surface area contributed by atoms with Crippen LogP contribution in [-0.2, 0) is 14.4 Å². The number of hydrazone groups is 1. The summed E-state index contributed by atoms with van der Waals surface area (Å²) in [5.41, 5.74) is 2.73. The summed E-state index contributed by atoms with van der Waals surface area (Å²) in [5, 5.41) is 13.8. The highest BCUT2D eigenvalue weighted by Crippen LogP contribution is 1.92. The number of hydrogen-bond donors (Lipinski definition) is 3. The van der Waals surface area contributed by atoms with E-state index in [0.29, 0.717) is 0 Å². The van der Waals surface area contributed by atoms with E-state index < -0.39 is 24.3 Å². The number of nitrogens with zero attached hydrogens (tertiary/aromatic N) is 1. The second kappa shape index (κ2) is 6.79. The molecule has 2 amide bonds. The van der Waals surface area contributed by atoms with E-state index in [1.54, 1.807) is 24.3 Å². The Bertz CT molecular complexity index is 470. The van der Waals surface area contributed by atoms with E-state index >= 15 is 0 Å². The van der Waals surface area contributed by atoms with E-state index in [1.165, 1.54) is 6.21 Å². The van der Waals surface area contributed by atoms with Crippen LogP contribution >= 0.6 is 0 Å². The third-order valence-corrected chi connectivity index (χ3v) is 1.79. The van der Waals surface area contributed by atoms with Crippen molar-refractivity contribution in [1.29, 1.82) is 0 Å². The minimum atomic E-state index is -1.23. The summed E-state index contributed by atoms with van der Waals surface area (Å²) in [6, 6.07) is 8.95. The van der Waals surface area contributed by atoms with Gasteiger partial charge in [0, 0.05) is 0 Å². The van der Waals surface area contributed by atoms with Crippen LogP contribution in [-0.4, -0.2) is 35.6 Å². The quantitative estimate of drug-likeness (QED) is 0.374. The van der Waals surface area contributed by atoms with Crippen molar-refractivity contribution in [3.05, 3.63) is 35.9 Å². The van der Waals surface area contributed by atoms with E-state index in [2.05, 4.69) is 5.10 Å². The minimum Gasteiger partial charge on any atom is -0.480 e. The number of carboxylic acid groups (broad SMARTS) is 1. The molecule has 0 heterocycles. The largest absolute Gasteiger partial charge is 0.480 e. The van der Waals surface area contributed by atoms with Gasteiger partial charge in [-0.25, -0.2) is 5.43 Å². The van der Waals surface area contributed by atoms with Crippen molar-refractivity contribution in [2.45, 2.75) is 0 Å². The van der Waals surface area contributed by atoms with Gasteiger partial charge >= 0.3 is 17.8 Å². The fourth-order valence-electron chi connectivity index (χ4n) is 0.991. The van der Waals surface area contributed by atoms with Crippen LogP contribution in [0.5, 0.6) is 0 Å². The highest BCUT2D eigenvalue weighted by atomic mass is 16.4. The zero-order valence-electron chi connectivity index (χ0n) is 9.29. The number of rotatable bonds is 4. The molecular weight excluding hydrogens is 238 g/mol. The molecule has 0 fully saturated rings. The molecule has 7 heteroatoms. The van der Waals surface area contributed by atoms with E-state index in [-0.39, 0.29) is 0 Å². The van der Waals surface area contributed by atoms with Crippen molar-refractivity contribution < 1.29 is 19.5 Å². The molecule has 18 heavy (non-hydrogen) atoms. The summed E-state index contributed by atoms with van der Waals surface area (Å²) in [7, 11) is 0. The molecule has 0 aliphatic carbocycles. The number of benzene rings is 1. The van der Waals surface area contributed by atoms with E-state index in [4.69, 9.17) is 5.11 Å². The molecule has 0 aromatic heterocycles. The number of carbonyl (C=O) groups excluding carboxylic acids is 2. The Hall–Kier alpha value is -2.70. The summed E-state index contributed by atoms with van der Waals surface area (Å²) in [5.74, 6) is -3.31. The monoisotopic (exact) mass is 249 g/mol. The van der Waals surface area contributed by atoms with Gasteiger partial charge in [-0.3, -0.25) is 14.4 Å². The van der Waals surface area contributed by atoms with Crippen LogP contribution in [0, 0.1) is 0 Å². The summed E-state index contributed by atoms with van der Waals surface area (Å²) >= 11 is 0. The molecular formula is C11H11N3O4. The Kier molecular flexibility index (Phi) is 5.04. The van der Waals surface area contributed by atoms with Gasteiger partial charge in [-0.2, -0.15) is 5.10 Å². The molecule has 94 valence electrons. The summed E-state index contributed by atoms with van der Waals surface area (Å²) in [6.45, 7) is -0.616. The zero-order chi connectivity index (χ0) is 13.4. The standard InChI is InChI=1S/C11H11N3O4/c15-9(16)7-12-10(17)11(18)14-13-6-8-4-2-1-3-5-8/h1-6H,7H2,(H,12,17)(H,14,18)(H,15,16). The fraction of sp³-hybridized carbons (Fsp3) is 0.0909. The first-order valence-electron chi connectivity index (χ1n) is 4.97. The topological polar surface area (TPSA) is 108 Å². The first kappa shape index (κ1) is 13.4. The number of carboxylic acids is 1. The summed E-state index contributed by atoms with van der Waals surface area (Å²) < 4.78 is 0. The number of carbonyl (C=O) groups is 3. The second-order valence-corrected chi connectivity index (χ2v) is 3.19. The predicted octanol–water partition coefficient (Wildman–Crippen LogP) is -0.662. The van der Waals surface area contributed by atoms with Gasteiger partial charge in [-0.15, -0.1) is 0 Å². The summed E-state index contributed by atoms with van der Waals surface area (Å²) in [6.07, 6.45) is 1.36. The van der Waals surface area contributed by atoms with Crippen molar-refractivity contribution >= 4 is 24.0 Å². The van der Waals surface area contributed by atoms with Gasteiger partial charge in [-0.05, 0) is 5.56 Å². The maximum absolute atomic E-state index is 11.1. The van der Waals surface area contributed by atoms with E-state index in [0.717, 1.165) is 5.56 Å². The first-order valence-corrected chi connectivity index (χ1v) is 4.97. The molecule has 0 saturated heterocycles. The van der Waals surface area contributed by atoms with E-state index in [9.17, 15) is 14.4 Å². The lowest BCUT2D eigenvalue weighted by atomic mass is 10.2. The minimum absolute atomic E-state index is 0.616. The molecule has 0 bridgehead atoms. The average Bonchev–Trinajstić information content (AvgIpc) is 2.37. The first-order chi connectivity index (χ1) is 8.59. The number of nitrogens with one attached hydrogen (secondary N) is 2. The highest BCUT2D eigenvalue weighted by molar-refractivity contribution is 6.35. The normalized spacial score (nSPS) is 10.0. The van der Waals surface area contributed by atoms with Crippen LogP contribution in [0.4, 0.5) is 0 Å². The van der Waals surface area contributed by atoms with Crippen molar-refractivity contribution in [3.8, 4) is 0 Å². The molecule has 1 aromatic carbocycles. The maximum Gasteiger partial charge on any atom is 0.329 e. The highest BCUT2D eigenvalue weighted by Gasteiger charge is 2.12. The lowest BCUT2D eigenvalue weighted by molar-refractivity contribution is -0.142. The molecule has 0 radical (unpaired) electrons. The zero-order valence-corrected chi connectivity index (χ0v) is 9.29. The Morgan fingerprint density at radius 3 is 2.44 bits per heavy atom. The third-order valence-electron chi connectivity index (χ3n) is 1.79. The Balaban J connectivity index is 2.39. The predicted molar refractivity (Wildman–Crippen MR) is 62.8 cm³/mol. The van der Waals surface area contributed by atoms with Gasteiger partial charge < -0.3 is 10.4 Å². The van der Waals surface area contributed by atoms with Crippen molar-refractivity contribution in [3.63, 3.8) is 0 Å². The third kappa shape index (κ3) is 4.88. The van der Waals surface area contributed by atoms with Crippen LogP contribution < -0.4 is 10.7 Å². The molecule has 0 unspecified atom stereocenters. The molecule has 1 rings (SSSR count). The Morgan fingerprint density at radius 1 is 1.17 bits per heavy atom. The van der Waals surface area contributed by atoms with Gasteiger partial charge in [0.25, 0.3) is 0 Å². The van der Waals surface area contributed by atoms with Crippen LogP contribution in [0.25, 0.3) is 0 Å². The molecule has 0 aliphatic rings. The van der Waals surface area contributed by atoms with Crippen molar-refractivity contribution in [1.82, 2.24) is 10.7 Å². The van der Waals surface area contributed by atoms with Crippen LogP contribution in [0.3, 0.4) is 0 Å². The fourth-order valence-corrected chi connectivity index (χ4v) is 0.991. The van der Waals surface area contributed by atoms with Gasteiger partial charge in [0.15, 0.2) is 0 Å². The molecule has 0 aliphatic heterocycles. The average molecular weight is 249 g/mol. The van der Waals surface area contributed by atoms with Crippen molar-refractivity contribution in [2.24, 2.45) is 5.10 Å². The number of hydrogen-bond acceptors (Lipinski definition) is 4. The van der Waals surface area contributed by atoms with Crippen LogP contribution in [0.15, 0.2) is 35.4 Å². The lowest BCUT2D eigenvalue weighted by Crippen LogP contribution is -2.40. The van der Waals surface area contributed by atoms with Gasteiger partial charge in [0.2, 0.25) is 0 Å². The number of aliphatic carboxylic acids is 1. The van der Waals surface area contributed by atoms with E-state index in [1.807, 2.05) is 16.8 Å². The maximum atomic E-state index is 11.1. The van der Waals surface area contributed by atoms with Gasteiger partial charge in [0.1, 0.15) is 6.54 Å². The van der Waals surface area contributed by atoms with Crippen LogP contribution in [0.1, 0.15) is 5.56 Å². The molecule has 7 nitrogen and oxygen atoms in total. The molecule has 0 atom stereocenters. The lowest BCUT2D eigenvalue weighted by Gasteiger charge is -1.99. The second-order valence-electron chi connectivity index (χ2n) is 3.19. The summed E-state index contributed by atoms with van der Waals surface area (Å²) in [4.78, 5) is 32.3. The van der Waals surface area contributed by atoms with Crippen LogP contribution in [0.2, 0.25) is 0 Å². The molecule has 3 N–H and O–H groups in total. The molecule has 1 aromatic rings. The number of amides is 2. The molecule has 0 spiro atoms. The van der Waals surface area contributed by atoms with Gasteiger partial charge in [-0.1, -0.05) is 30.3 Å². The Morgan fingerprint density at radius 2 is 1.83 bits per heavy atom. The Labute approximate surface area is 103 Å². The molecule has 0 saturated carbocycles. The van der Waals surface area contributed by atoms with Gasteiger partial charge in [0.05, 0.1) is 6.21 Å². The smallest absolute Gasteiger partial charge is 0.329 e. The van der Waals surface area contributed by atoms with Crippen molar-refractivity contribution in [2.75, 3.05) is 6.54 Å². The SMILES string of the molecule is O=C(O)CNC(=O)C(=O)NN=Cc1ccccc1.